The molecule has 0 radical (unpaired) electrons. The molecule has 2 aromatic rings. The molecule has 2 aliphatic rings. The van der Waals surface area contributed by atoms with Crippen LogP contribution in [0.3, 0.4) is 0 Å². The Bertz CT molecular complexity index is 1060. The summed E-state index contributed by atoms with van der Waals surface area (Å²) >= 11 is 0. The maximum absolute atomic E-state index is 13.9. The molecule has 2 aromatic carbocycles. The van der Waals surface area contributed by atoms with Crippen LogP contribution in [0.4, 0.5) is 19.3 Å². The van der Waals surface area contributed by atoms with Crippen molar-refractivity contribution in [2.75, 3.05) is 12.4 Å². The number of carbonyl (C=O) groups excluding carboxylic acids is 3. The first-order valence-electron chi connectivity index (χ1n) is 9.21. The predicted molar refractivity (Wildman–Crippen MR) is 104 cm³/mol. The smallest absolute Gasteiger partial charge is 0.325 e. The van der Waals surface area contributed by atoms with Crippen LogP contribution in [-0.2, 0) is 16.1 Å². The van der Waals surface area contributed by atoms with Gasteiger partial charge in [0.25, 0.3) is 11.8 Å². The number of urea groups is 1. The molecule has 2 heterocycles. The van der Waals surface area contributed by atoms with Crippen LogP contribution in [0.5, 0.6) is 0 Å². The number of nitrogens with zero attached hydrogens (tertiary/aromatic N) is 2. The molecule has 0 aromatic heterocycles. The molecule has 7 nitrogen and oxygen atoms in total. The summed E-state index contributed by atoms with van der Waals surface area (Å²) in [6.45, 7) is 0.102. The summed E-state index contributed by atoms with van der Waals surface area (Å²) < 4.78 is 27.0. The van der Waals surface area contributed by atoms with Crippen molar-refractivity contribution in [2.24, 2.45) is 0 Å². The lowest BCUT2D eigenvalue weighted by atomic mass is 9.99. The number of fused-ring (bicyclic) bond motifs is 1. The highest BCUT2D eigenvalue weighted by atomic mass is 19.1. The van der Waals surface area contributed by atoms with Gasteiger partial charge in [-0.1, -0.05) is 30.3 Å². The first kappa shape index (κ1) is 19.6. The third-order valence-corrected chi connectivity index (χ3v) is 5.10. The zero-order valence-electron chi connectivity index (χ0n) is 15.9. The third-order valence-electron chi connectivity index (χ3n) is 5.10. The highest BCUT2D eigenvalue weighted by Gasteiger charge is 2.49. The number of likely N-dealkylation sites (N-methyl/N-ethyl adjacent to an activating group) is 1. The Labute approximate surface area is 171 Å². The first-order valence-corrected chi connectivity index (χ1v) is 9.21. The van der Waals surface area contributed by atoms with Gasteiger partial charge in [0.15, 0.2) is 0 Å². The van der Waals surface area contributed by atoms with Crippen LogP contribution in [-0.4, -0.2) is 46.8 Å². The minimum Gasteiger partial charge on any atom is -0.366 e. The van der Waals surface area contributed by atoms with Crippen molar-refractivity contribution >= 4 is 23.5 Å². The van der Waals surface area contributed by atoms with Gasteiger partial charge < -0.3 is 15.5 Å². The van der Waals surface area contributed by atoms with Gasteiger partial charge in [0.05, 0.1) is 23.8 Å². The van der Waals surface area contributed by atoms with Crippen LogP contribution in [0, 0.1) is 11.6 Å². The van der Waals surface area contributed by atoms with Gasteiger partial charge in [0.2, 0.25) is 0 Å². The second kappa shape index (κ2) is 7.58. The highest BCUT2D eigenvalue weighted by Crippen LogP contribution is 2.28. The number of nitrogens with one attached hydrogen (secondary N) is 2. The van der Waals surface area contributed by atoms with Crippen molar-refractivity contribution < 1.29 is 23.2 Å². The van der Waals surface area contributed by atoms with Gasteiger partial charge in [-0.2, -0.15) is 0 Å². The molecule has 2 N–H and O–H groups in total. The number of imide groups is 1. The molecule has 0 spiro atoms. The molecule has 2 unspecified atom stereocenters. The topological polar surface area (TPSA) is 81.8 Å². The van der Waals surface area contributed by atoms with E-state index in [1.807, 2.05) is 18.2 Å². The molecule has 1 saturated heterocycles. The van der Waals surface area contributed by atoms with Gasteiger partial charge in [-0.15, -0.1) is 0 Å². The molecule has 9 heteroatoms. The monoisotopic (exact) mass is 412 g/mol. The van der Waals surface area contributed by atoms with Crippen molar-refractivity contribution in [3.05, 3.63) is 77.5 Å². The van der Waals surface area contributed by atoms with E-state index in [-0.39, 0.29) is 17.8 Å². The lowest BCUT2D eigenvalue weighted by Crippen LogP contribution is -2.64. The molecule has 0 aliphatic carbocycles. The largest absolute Gasteiger partial charge is 0.366 e. The fourth-order valence-electron chi connectivity index (χ4n) is 3.63. The zero-order valence-corrected chi connectivity index (χ0v) is 15.9. The summed E-state index contributed by atoms with van der Waals surface area (Å²) in [5, 5.41) is 5.05. The van der Waals surface area contributed by atoms with Crippen molar-refractivity contribution in [1.82, 2.24) is 15.1 Å². The minimum absolute atomic E-state index is 0.102. The number of halogens is 2. The number of carbonyl (C=O) groups is 3. The van der Waals surface area contributed by atoms with E-state index in [9.17, 15) is 23.2 Å². The average molecular weight is 412 g/mol. The fourth-order valence-corrected chi connectivity index (χ4v) is 3.63. The van der Waals surface area contributed by atoms with Crippen molar-refractivity contribution in [3.63, 3.8) is 0 Å². The summed E-state index contributed by atoms with van der Waals surface area (Å²) in [6.07, 6.45) is 1.44. The van der Waals surface area contributed by atoms with E-state index in [1.165, 1.54) is 6.20 Å². The van der Waals surface area contributed by atoms with Crippen LogP contribution in [0.15, 0.2) is 60.3 Å². The second-order valence-corrected chi connectivity index (χ2v) is 7.11. The lowest BCUT2D eigenvalue weighted by Gasteiger charge is -2.37. The molecular formula is C21H18F2N4O3. The van der Waals surface area contributed by atoms with E-state index in [0.29, 0.717) is 6.07 Å². The summed E-state index contributed by atoms with van der Waals surface area (Å²) in [7, 11) is 1.62. The van der Waals surface area contributed by atoms with Gasteiger partial charge in [-0.3, -0.25) is 14.5 Å². The average Bonchev–Trinajstić information content (AvgIpc) is 3.04. The summed E-state index contributed by atoms with van der Waals surface area (Å²) in [5.41, 5.74) is 0.692. The Morgan fingerprint density at radius 2 is 1.87 bits per heavy atom. The van der Waals surface area contributed by atoms with Gasteiger partial charge in [-0.25, -0.2) is 13.6 Å². The molecule has 0 bridgehead atoms. The van der Waals surface area contributed by atoms with E-state index >= 15 is 0 Å². The maximum Gasteiger partial charge on any atom is 0.325 e. The van der Waals surface area contributed by atoms with Crippen molar-refractivity contribution in [2.45, 2.75) is 18.6 Å². The van der Waals surface area contributed by atoms with E-state index in [1.54, 1.807) is 24.1 Å². The third kappa shape index (κ3) is 3.49. The standard InChI is InChI=1S/C21H18F2N4O3/c1-26-11-14(19(28)24-16-8-7-13(22)9-15(16)23)17-18(26)20(29)27(21(30)25-17)10-12-5-3-2-4-6-12/h2-9,11,17-18H,10H2,1H3,(H,24,28)(H,25,30). The van der Waals surface area contributed by atoms with Gasteiger partial charge >= 0.3 is 6.03 Å². The summed E-state index contributed by atoms with van der Waals surface area (Å²) in [6, 6.07) is 9.54. The van der Waals surface area contributed by atoms with Crippen LogP contribution >= 0.6 is 0 Å². The van der Waals surface area contributed by atoms with Crippen LogP contribution in [0.2, 0.25) is 0 Å². The van der Waals surface area contributed by atoms with Crippen LogP contribution in [0.25, 0.3) is 0 Å². The Hall–Kier alpha value is -3.75. The van der Waals surface area contributed by atoms with Crippen LogP contribution < -0.4 is 10.6 Å². The summed E-state index contributed by atoms with van der Waals surface area (Å²) in [5.74, 6) is -2.83. The van der Waals surface area contributed by atoms with E-state index in [0.717, 1.165) is 22.6 Å². The highest BCUT2D eigenvalue weighted by molar-refractivity contribution is 6.09. The molecule has 2 aliphatic heterocycles. The van der Waals surface area contributed by atoms with E-state index in [2.05, 4.69) is 10.6 Å². The Morgan fingerprint density at radius 1 is 1.13 bits per heavy atom. The molecular weight excluding hydrogens is 394 g/mol. The van der Waals surface area contributed by atoms with E-state index in [4.69, 9.17) is 0 Å². The fraction of sp³-hybridized carbons (Fsp3) is 0.190. The van der Waals surface area contributed by atoms with E-state index < -0.39 is 41.6 Å². The Kier molecular flexibility index (Phi) is 4.94. The number of anilines is 1. The molecule has 0 saturated carbocycles. The number of benzene rings is 2. The minimum atomic E-state index is -0.926. The molecule has 1 fully saturated rings. The number of amides is 4. The Morgan fingerprint density at radius 3 is 2.57 bits per heavy atom. The normalized spacial score (nSPS) is 20.6. The Balaban J connectivity index is 1.53. The number of rotatable bonds is 4. The van der Waals surface area contributed by atoms with Crippen molar-refractivity contribution in [1.29, 1.82) is 0 Å². The summed E-state index contributed by atoms with van der Waals surface area (Å²) in [4.78, 5) is 40.9. The zero-order chi connectivity index (χ0) is 21.4. The van der Waals surface area contributed by atoms with Gasteiger partial charge in [0, 0.05) is 19.3 Å². The van der Waals surface area contributed by atoms with Gasteiger partial charge in [-0.05, 0) is 17.7 Å². The molecule has 2 atom stereocenters. The lowest BCUT2D eigenvalue weighted by molar-refractivity contribution is -0.134. The maximum atomic E-state index is 13.9. The second-order valence-electron chi connectivity index (χ2n) is 7.11. The number of hydrogen-bond acceptors (Lipinski definition) is 4. The number of hydrogen-bond donors (Lipinski definition) is 2. The predicted octanol–water partition coefficient (Wildman–Crippen LogP) is 2.22. The quantitative estimate of drug-likeness (QED) is 0.807. The molecule has 4 amide bonds. The molecule has 4 rings (SSSR count). The van der Waals surface area contributed by atoms with Crippen LogP contribution in [0.1, 0.15) is 5.56 Å². The first-order chi connectivity index (χ1) is 14.3. The molecule has 30 heavy (non-hydrogen) atoms. The van der Waals surface area contributed by atoms with Crippen molar-refractivity contribution in [3.8, 4) is 0 Å². The van der Waals surface area contributed by atoms with Gasteiger partial charge in [0.1, 0.15) is 17.7 Å². The SMILES string of the molecule is CN1C=C(C(=O)Nc2ccc(F)cc2F)C2NC(=O)N(Cc3ccccc3)C(=O)C21. The molecule has 154 valence electrons.